The van der Waals surface area contributed by atoms with E-state index in [0.717, 1.165) is 0 Å². The number of nitrogens with zero attached hydrogens (tertiary/aromatic N) is 1. The summed E-state index contributed by atoms with van der Waals surface area (Å²) in [5.74, 6) is -0.605. The summed E-state index contributed by atoms with van der Waals surface area (Å²) >= 11 is 0. The van der Waals surface area contributed by atoms with Gasteiger partial charge in [-0.1, -0.05) is 0 Å². The molecule has 0 aromatic carbocycles. The minimum absolute atomic E-state index is 0.0384. The van der Waals surface area contributed by atoms with Gasteiger partial charge in [0, 0.05) is 13.0 Å². The number of hydrogen-bond acceptors (Lipinski definition) is 4. The highest BCUT2D eigenvalue weighted by molar-refractivity contribution is 5.98. The molecular formula is C10H13F3N4O. The number of nitrogens with two attached hydrogens (primary N) is 2. The Morgan fingerprint density at radius 3 is 2.67 bits per heavy atom. The Hall–Kier alpha value is -1.99. The Morgan fingerprint density at radius 2 is 2.11 bits per heavy atom. The van der Waals surface area contributed by atoms with E-state index in [9.17, 15) is 18.0 Å². The fourth-order valence-corrected chi connectivity index (χ4v) is 1.31. The van der Waals surface area contributed by atoms with Crippen LogP contribution in [0.5, 0.6) is 0 Å². The highest BCUT2D eigenvalue weighted by Gasteiger charge is 2.25. The zero-order valence-corrected chi connectivity index (χ0v) is 9.42. The van der Waals surface area contributed by atoms with Crippen molar-refractivity contribution in [1.82, 2.24) is 4.98 Å². The average Bonchev–Trinajstić information content (AvgIpc) is 2.24. The average molecular weight is 262 g/mol. The van der Waals surface area contributed by atoms with Crippen molar-refractivity contribution in [1.29, 1.82) is 0 Å². The number of carbonyl (C=O) groups is 1. The second kappa shape index (κ2) is 5.56. The topological polar surface area (TPSA) is 94.0 Å². The molecular weight excluding hydrogens is 249 g/mol. The molecule has 1 amide bonds. The maximum Gasteiger partial charge on any atom is 0.389 e. The number of anilines is 2. The van der Waals surface area contributed by atoms with E-state index >= 15 is 0 Å². The van der Waals surface area contributed by atoms with Crippen LogP contribution in [0.2, 0.25) is 0 Å². The second-order valence-corrected chi connectivity index (χ2v) is 3.67. The molecule has 0 unspecified atom stereocenters. The van der Waals surface area contributed by atoms with E-state index in [1.54, 1.807) is 0 Å². The lowest BCUT2D eigenvalue weighted by Crippen LogP contribution is -2.17. The summed E-state index contributed by atoms with van der Waals surface area (Å²) in [5.41, 5.74) is 10.8. The van der Waals surface area contributed by atoms with Crippen molar-refractivity contribution in [3.8, 4) is 0 Å². The molecule has 5 N–H and O–H groups in total. The molecule has 0 atom stereocenters. The fourth-order valence-electron chi connectivity index (χ4n) is 1.31. The monoisotopic (exact) mass is 262 g/mol. The van der Waals surface area contributed by atoms with Gasteiger partial charge in [-0.25, -0.2) is 4.98 Å². The minimum atomic E-state index is -4.19. The van der Waals surface area contributed by atoms with Crippen molar-refractivity contribution in [3.05, 3.63) is 17.8 Å². The van der Waals surface area contributed by atoms with Gasteiger partial charge in [-0.2, -0.15) is 13.2 Å². The fraction of sp³-hybridized carbons (Fsp3) is 0.400. The summed E-state index contributed by atoms with van der Waals surface area (Å²) in [6.07, 6.45) is -3.92. The first-order chi connectivity index (χ1) is 8.29. The van der Waals surface area contributed by atoms with Gasteiger partial charge < -0.3 is 16.8 Å². The number of carbonyl (C=O) groups excluding carboxylic acids is 1. The van der Waals surface area contributed by atoms with E-state index in [4.69, 9.17) is 11.5 Å². The largest absolute Gasteiger partial charge is 0.397 e. The summed E-state index contributed by atoms with van der Waals surface area (Å²) in [6, 6.07) is 1.32. The maximum absolute atomic E-state index is 11.9. The first-order valence-electron chi connectivity index (χ1n) is 5.15. The molecule has 1 aromatic rings. The van der Waals surface area contributed by atoms with Crippen LogP contribution in [0.1, 0.15) is 23.2 Å². The van der Waals surface area contributed by atoms with Crippen LogP contribution in [-0.2, 0) is 0 Å². The van der Waals surface area contributed by atoms with Crippen LogP contribution in [0.15, 0.2) is 12.3 Å². The van der Waals surface area contributed by atoms with Gasteiger partial charge in [0.1, 0.15) is 5.82 Å². The van der Waals surface area contributed by atoms with Gasteiger partial charge in [-0.15, -0.1) is 0 Å². The van der Waals surface area contributed by atoms with Gasteiger partial charge in [0.15, 0.2) is 0 Å². The number of nitrogen functional groups attached to an aromatic ring is 1. The summed E-state index contributed by atoms with van der Waals surface area (Å²) in [4.78, 5) is 14.9. The highest BCUT2D eigenvalue weighted by atomic mass is 19.4. The van der Waals surface area contributed by atoms with E-state index < -0.39 is 18.5 Å². The number of amides is 1. The molecule has 8 heteroatoms. The summed E-state index contributed by atoms with van der Waals surface area (Å²) < 4.78 is 35.7. The molecule has 0 aliphatic heterocycles. The molecule has 0 saturated heterocycles. The van der Waals surface area contributed by atoms with Gasteiger partial charge >= 0.3 is 6.18 Å². The molecule has 5 nitrogen and oxygen atoms in total. The number of rotatable bonds is 5. The molecule has 0 fully saturated rings. The zero-order valence-electron chi connectivity index (χ0n) is 9.42. The van der Waals surface area contributed by atoms with Crippen LogP contribution in [0.3, 0.4) is 0 Å². The number of alkyl halides is 3. The van der Waals surface area contributed by atoms with Crippen LogP contribution in [0.4, 0.5) is 24.7 Å². The third-order valence-electron chi connectivity index (χ3n) is 2.10. The lowest BCUT2D eigenvalue weighted by atomic mass is 10.2. The van der Waals surface area contributed by atoms with Crippen molar-refractivity contribution in [2.24, 2.45) is 5.73 Å². The SMILES string of the molecule is NC(=O)c1cc(N)cnc1NCCCC(F)(F)F. The van der Waals surface area contributed by atoms with E-state index in [1.165, 1.54) is 12.3 Å². The maximum atomic E-state index is 11.9. The van der Waals surface area contributed by atoms with E-state index in [1.807, 2.05) is 0 Å². The molecule has 0 saturated carbocycles. The Morgan fingerprint density at radius 1 is 1.44 bits per heavy atom. The van der Waals surface area contributed by atoms with Crippen molar-refractivity contribution >= 4 is 17.4 Å². The first-order valence-corrected chi connectivity index (χ1v) is 5.15. The Balaban J connectivity index is 2.59. The Kier molecular flexibility index (Phi) is 4.35. The number of hydrogen-bond donors (Lipinski definition) is 3. The summed E-state index contributed by atoms with van der Waals surface area (Å²) in [5, 5.41) is 2.63. The van der Waals surface area contributed by atoms with Crippen LogP contribution < -0.4 is 16.8 Å². The predicted molar refractivity (Wildman–Crippen MR) is 60.9 cm³/mol. The highest BCUT2D eigenvalue weighted by Crippen LogP contribution is 2.21. The number of nitrogens with one attached hydrogen (secondary N) is 1. The second-order valence-electron chi connectivity index (χ2n) is 3.67. The van der Waals surface area contributed by atoms with Gasteiger partial charge in [0.2, 0.25) is 0 Å². The molecule has 18 heavy (non-hydrogen) atoms. The standard InChI is InChI=1S/C10H13F3N4O/c11-10(12,13)2-1-3-16-9-7(8(15)18)4-6(14)5-17-9/h4-5H,1-3,14H2,(H2,15,18)(H,16,17). The molecule has 1 heterocycles. The van der Waals surface area contributed by atoms with E-state index in [2.05, 4.69) is 10.3 Å². The van der Waals surface area contributed by atoms with Crippen molar-refractivity contribution in [2.45, 2.75) is 19.0 Å². The molecule has 0 radical (unpaired) electrons. The van der Waals surface area contributed by atoms with Crippen molar-refractivity contribution in [3.63, 3.8) is 0 Å². The third kappa shape index (κ3) is 4.48. The normalized spacial score (nSPS) is 11.3. The van der Waals surface area contributed by atoms with Gasteiger partial charge in [-0.05, 0) is 12.5 Å². The van der Waals surface area contributed by atoms with Crippen molar-refractivity contribution < 1.29 is 18.0 Å². The minimum Gasteiger partial charge on any atom is -0.397 e. The predicted octanol–water partition coefficient (Wildman–Crippen LogP) is 1.52. The van der Waals surface area contributed by atoms with Crippen LogP contribution in [-0.4, -0.2) is 23.6 Å². The number of primary amides is 1. The van der Waals surface area contributed by atoms with E-state index in [0.29, 0.717) is 0 Å². The third-order valence-corrected chi connectivity index (χ3v) is 2.10. The molecule has 1 rings (SSSR count). The van der Waals surface area contributed by atoms with Crippen LogP contribution in [0.25, 0.3) is 0 Å². The lowest BCUT2D eigenvalue weighted by Gasteiger charge is -2.10. The summed E-state index contributed by atoms with van der Waals surface area (Å²) in [6.45, 7) is 0.0384. The van der Waals surface area contributed by atoms with E-state index in [-0.39, 0.29) is 30.0 Å². The molecule has 0 aliphatic carbocycles. The van der Waals surface area contributed by atoms with Gasteiger partial charge in [-0.3, -0.25) is 4.79 Å². The molecule has 0 bridgehead atoms. The smallest absolute Gasteiger partial charge is 0.389 e. The molecule has 0 aliphatic rings. The van der Waals surface area contributed by atoms with Crippen LogP contribution in [0, 0.1) is 0 Å². The van der Waals surface area contributed by atoms with Crippen LogP contribution >= 0.6 is 0 Å². The molecule has 1 aromatic heterocycles. The number of aromatic nitrogens is 1. The Bertz CT molecular complexity index is 434. The van der Waals surface area contributed by atoms with Crippen molar-refractivity contribution in [2.75, 3.05) is 17.6 Å². The number of halogens is 3. The first kappa shape index (κ1) is 14.1. The van der Waals surface area contributed by atoms with Gasteiger partial charge in [0.05, 0.1) is 17.4 Å². The van der Waals surface area contributed by atoms with Gasteiger partial charge in [0.25, 0.3) is 5.91 Å². The number of pyridine rings is 1. The quantitative estimate of drug-likeness (QED) is 0.701. The molecule has 100 valence electrons. The molecule has 0 spiro atoms. The lowest BCUT2D eigenvalue weighted by molar-refractivity contribution is -0.134. The Labute approximate surface area is 101 Å². The zero-order chi connectivity index (χ0) is 13.8. The summed E-state index contributed by atoms with van der Waals surface area (Å²) in [7, 11) is 0.